The van der Waals surface area contributed by atoms with Crippen LogP contribution in [0.25, 0.3) is 0 Å². The van der Waals surface area contributed by atoms with Crippen molar-refractivity contribution in [2.75, 3.05) is 62.0 Å². The number of hydrogen-bond acceptors (Lipinski definition) is 8. The van der Waals surface area contributed by atoms with E-state index in [1.165, 1.54) is 30.2 Å². The second-order valence-corrected chi connectivity index (χ2v) is 10.1. The Morgan fingerprint density at radius 3 is 2.56 bits per heavy atom. The van der Waals surface area contributed by atoms with Crippen LogP contribution in [0.3, 0.4) is 0 Å². The maximum Gasteiger partial charge on any atom is 0.234 e. The Morgan fingerprint density at radius 2 is 1.82 bits per heavy atom. The van der Waals surface area contributed by atoms with E-state index in [-0.39, 0.29) is 12.0 Å². The number of carbonyl (C=O) groups is 1. The van der Waals surface area contributed by atoms with E-state index in [0.717, 1.165) is 88.7 Å². The zero-order valence-corrected chi connectivity index (χ0v) is 20.5. The molecule has 1 atom stereocenters. The lowest BCUT2D eigenvalue weighted by Gasteiger charge is -2.26. The number of benzene rings is 1. The van der Waals surface area contributed by atoms with E-state index in [0.29, 0.717) is 5.75 Å². The number of aromatic nitrogens is 3. The molecule has 5 rings (SSSR count). The molecule has 0 saturated carbocycles. The quantitative estimate of drug-likeness (QED) is 0.542. The molecular weight excluding hydrogens is 452 g/mol. The third-order valence-electron chi connectivity index (χ3n) is 6.58. The number of anilines is 2. The van der Waals surface area contributed by atoms with Crippen LogP contribution in [0.2, 0.25) is 0 Å². The molecule has 1 unspecified atom stereocenters. The second kappa shape index (κ2) is 11.5. The van der Waals surface area contributed by atoms with Crippen molar-refractivity contribution in [1.82, 2.24) is 19.7 Å². The van der Waals surface area contributed by atoms with E-state index in [9.17, 15) is 4.79 Å². The fourth-order valence-corrected chi connectivity index (χ4v) is 5.47. The van der Waals surface area contributed by atoms with Crippen molar-refractivity contribution < 1.29 is 14.3 Å². The Balaban J connectivity index is 1.16. The number of hydrogen-bond donors (Lipinski definition) is 1. The summed E-state index contributed by atoms with van der Waals surface area (Å²) in [7, 11) is 0. The Kier molecular flexibility index (Phi) is 8.00. The molecule has 3 aliphatic rings. The van der Waals surface area contributed by atoms with Crippen molar-refractivity contribution in [2.45, 2.75) is 50.0 Å². The molecule has 9 nitrogen and oxygen atoms in total. The average Bonchev–Trinajstić information content (AvgIpc) is 3.63. The predicted molar refractivity (Wildman–Crippen MR) is 132 cm³/mol. The molecule has 1 aromatic heterocycles. The third kappa shape index (κ3) is 6.10. The van der Waals surface area contributed by atoms with E-state index in [1.807, 2.05) is 12.1 Å². The number of thioether (sulfide) groups is 1. The minimum absolute atomic E-state index is 0.0414. The lowest BCUT2D eigenvalue weighted by Crippen LogP contribution is -2.35. The van der Waals surface area contributed by atoms with Crippen LogP contribution < -0.4 is 10.2 Å². The minimum Gasteiger partial charge on any atom is -0.379 e. The minimum atomic E-state index is -0.0414. The number of rotatable bonds is 9. The van der Waals surface area contributed by atoms with Gasteiger partial charge in [-0.05, 0) is 43.4 Å². The van der Waals surface area contributed by atoms with E-state index < -0.39 is 0 Å². The lowest BCUT2D eigenvalue weighted by molar-refractivity contribution is -0.113. The summed E-state index contributed by atoms with van der Waals surface area (Å²) in [6.45, 7) is 8.02. The zero-order valence-electron chi connectivity index (χ0n) is 19.7. The number of nitrogens with one attached hydrogen (secondary N) is 1. The summed E-state index contributed by atoms with van der Waals surface area (Å²) < 4.78 is 13.4. The van der Waals surface area contributed by atoms with E-state index in [2.05, 4.69) is 42.0 Å². The maximum absolute atomic E-state index is 12.7. The second-order valence-electron chi connectivity index (χ2n) is 9.14. The van der Waals surface area contributed by atoms with Gasteiger partial charge in [0.15, 0.2) is 5.16 Å². The van der Waals surface area contributed by atoms with Gasteiger partial charge in [0, 0.05) is 45.0 Å². The van der Waals surface area contributed by atoms with Crippen LogP contribution in [0.15, 0.2) is 29.4 Å². The van der Waals surface area contributed by atoms with Gasteiger partial charge in [-0.1, -0.05) is 23.9 Å². The first kappa shape index (κ1) is 23.6. The molecule has 184 valence electrons. The highest BCUT2D eigenvalue weighted by molar-refractivity contribution is 7.99. The number of morpholine rings is 1. The van der Waals surface area contributed by atoms with Crippen LogP contribution in [-0.4, -0.2) is 83.4 Å². The van der Waals surface area contributed by atoms with Gasteiger partial charge < -0.3 is 19.7 Å². The van der Waals surface area contributed by atoms with Gasteiger partial charge in [-0.15, -0.1) is 10.2 Å². The Bertz CT molecular complexity index is 935. The molecular formula is C24H34N6O3S. The van der Waals surface area contributed by atoms with Crippen LogP contribution in [0.1, 0.15) is 31.2 Å². The maximum atomic E-state index is 12.7. The Hall–Kier alpha value is -2.14. The highest BCUT2D eigenvalue weighted by Gasteiger charge is 2.25. The van der Waals surface area contributed by atoms with Gasteiger partial charge in [-0.3, -0.25) is 14.3 Å². The number of nitrogens with zero attached hydrogens (tertiary/aromatic N) is 5. The first-order valence-corrected chi connectivity index (χ1v) is 13.3. The standard InChI is InChI=1S/C24H34N6O3S/c31-22(25-20-7-5-19(6-8-20)16-28-11-14-32-15-12-28)18-34-24-27-26-23(29-9-1-2-10-29)30(24)17-21-4-3-13-33-21/h5-8,21H,1-4,9-18H2,(H,25,31). The Labute approximate surface area is 205 Å². The van der Waals surface area contributed by atoms with Crippen molar-refractivity contribution in [1.29, 1.82) is 0 Å². The molecule has 2 aromatic rings. The molecule has 0 radical (unpaired) electrons. The van der Waals surface area contributed by atoms with Gasteiger partial charge in [-0.25, -0.2) is 0 Å². The largest absolute Gasteiger partial charge is 0.379 e. The summed E-state index contributed by atoms with van der Waals surface area (Å²) in [4.78, 5) is 17.3. The predicted octanol–water partition coefficient (Wildman–Crippen LogP) is 2.62. The normalized spacial score (nSPS) is 21.3. The summed E-state index contributed by atoms with van der Waals surface area (Å²) in [6.07, 6.45) is 4.72. The van der Waals surface area contributed by atoms with Gasteiger partial charge in [-0.2, -0.15) is 0 Å². The topological polar surface area (TPSA) is 84.8 Å². The molecule has 3 aliphatic heterocycles. The van der Waals surface area contributed by atoms with Crippen molar-refractivity contribution in [3.8, 4) is 0 Å². The highest BCUT2D eigenvalue weighted by atomic mass is 32.2. The van der Waals surface area contributed by atoms with Crippen molar-refractivity contribution in [3.63, 3.8) is 0 Å². The van der Waals surface area contributed by atoms with Crippen LogP contribution in [0, 0.1) is 0 Å². The summed E-state index contributed by atoms with van der Waals surface area (Å²) in [6, 6.07) is 8.12. The van der Waals surface area contributed by atoms with E-state index >= 15 is 0 Å². The molecule has 10 heteroatoms. The van der Waals surface area contributed by atoms with Crippen LogP contribution >= 0.6 is 11.8 Å². The van der Waals surface area contributed by atoms with Crippen molar-refractivity contribution >= 4 is 29.3 Å². The molecule has 4 heterocycles. The first-order chi connectivity index (χ1) is 16.7. The molecule has 0 aliphatic carbocycles. The Morgan fingerprint density at radius 1 is 1.03 bits per heavy atom. The number of carbonyl (C=O) groups excluding carboxylic acids is 1. The number of ether oxygens (including phenoxy) is 2. The van der Waals surface area contributed by atoms with Crippen molar-refractivity contribution in [2.24, 2.45) is 0 Å². The van der Waals surface area contributed by atoms with Crippen molar-refractivity contribution in [3.05, 3.63) is 29.8 Å². The highest BCUT2D eigenvalue weighted by Crippen LogP contribution is 2.27. The SMILES string of the molecule is O=C(CSc1nnc(N2CCCC2)n1CC1CCCO1)Nc1ccc(CN2CCOCC2)cc1. The molecule has 3 saturated heterocycles. The monoisotopic (exact) mass is 486 g/mol. The fourth-order valence-electron chi connectivity index (χ4n) is 4.73. The first-order valence-electron chi connectivity index (χ1n) is 12.4. The molecule has 1 N–H and O–H groups in total. The van der Waals surface area contributed by atoms with Gasteiger partial charge in [0.25, 0.3) is 0 Å². The van der Waals surface area contributed by atoms with Gasteiger partial charge >= 0.3 is 0 Å². The summed E-state index contributed by atoms with van der Waals surface area (Å²) >= 11 is 1.44. The summed E-state index contributed by atoms with van der Waals surface area (Å²) in [5.41, 5.74) is 2.06. The van der Waals surface area contributed by atoms with Gasteiger partial charge in [0.05, 0.1) is 31.6 Å². The van der Waals surface area contributed by atoms with E-state index in [1.54, 1.807) is 0 Å². The fraction of sp³-hybridized carbons (Fsp3) is 0.625. The van der Waals surface area contributed by atoms with Crippen LogP contribution in [0.4, 0.5) is 11.6 Å². The molecule has 0 spiro atoms. The third-order valence-corrected chi connectivity index (χ3v) is 7.54. The summed E-state index contributed by atoms with van der Waals surface area (Å²) in [5.74, 6) is 1.16. The van der Waals surface area contributed by atoms with Gasteiger partial charge in [0.2, 0.25) is 11.9 Å². The van der Waals surface area contributed by atoms with E-state index in [4.69, 9.17) is 9.47 Å². The van der Waals surface area contributed by atoms with Crippen LogP contribution in [-0.2, 0) is 27.4 Å². The molecule has 0 bridgehead atoms. The average molecular weight is 487 g/mol. The molecule has 1 aromatic carbocycles. The van der Waals surface area contributed by atoms with Gasteiger partial charge in [0.1, 0.15) is 0 Å². The van der Waals surface area contributed by atoms with Crippen LogP contribution in [0.5, 0.6) is 0 Å². The summed E-state index contributed by atoms with van der Waals surface area (Å²) in [5, 5.41) is 12.7. The number of amides is 1. The lowest BCUT2D eigenvalue weighted by atomic mass is 10.2. The smallest absolute Gasteiger partial charge is 0.234 e. The molecule has 3 fully saturated rings. The molecule has 34 heavy (non-hydrogen) atoms. The zero-order chi connectivity index (χ0) is 23.2. The molecule has 1 amide bonds.